The molecule has 0 aromatic heterocycles. The van der Waals surface area contributed by atoms with Gasteiger partial charge in [-0.1, -0.05) is 19.8 Å². The zero-order valence-electron chi connectivity index (χ0n) is 10.1. The van der Waals surface area contributed by atoms with E-state index in [4.69, 9.17) is 11.1 Å². The Kier molecular flexibility index (Phi) is 5.09. The van der Waals surface area contributed by atoms with Crippen LogP contribution >= 0.6 is 0 Å². The number of nitrogens with two attached hydrogens (primary N) is 1. The molecule has 1 fully saturated rings. The molecule has 3 heteroatoms. The molecule has 0 heterocycles. The highest BCUT2D eigenvalue weighted by atomic mass is 15.1. The van der Waals surface area contributed by atoms with Crippen molar-refractivity contribution in [1.82, 2.24) is 4.90 Å². The molecule has 0 saturated heterocycles. The molecule has 1 rings (SSSR count). The first-order chi connectivity index (χ1) is 7.09. The summed E-state index contributed by atoms with van der Waals surface area (Å²) in [6.07, 6.45) is 7.24. The van der Waals surface area contributed by atoms with Gasteiger partial charge in [-0.15, -0.1) is 0 Å². The molecule has 15 heavy (non-hydrogen) atoms. The normalized spacial score (nSPS) is 26.9. The van der Waals surface area contributed by atoms with Crippen LogP contribution in [-0.2, 0) is 0 Å². The number of hydrogen-bond acceptors (Lipinski definition) is 2. The summed E-state index contributed by atoms with van der Waals surface area (Å²) in [5.74, 6) is 1.21. The first kappa shape index (κ1) is 12.5. The lowest BCUT2D eigenvalue weighted by molar-refractivity contribution is 0.163. The summed E-state index contributed by atoms with van der Waals surface area (Å²) in [5.41, 5.74) is 5.34. The molecule has 3 N–H and O–H groups in total. The second-order valence-corrected chi connectivity index (χ2v) is 5.04. The number of rotatable bonds is 5. The van der Waals surface area contributed by atoms with E-state index < -0.39 is 0 Å². The fraction of sp³-hybridized carbons (Fsp3) is 0.917. The van der Waals surface area contributed by atoms with Gasteiger partial charge >= 0.3 is 0 Å². The zero-order valence-corrected chi connectivity index (χ0v) is 10.1. The molecule has 1 aliphatic carbocycles. The van der Waals surface area contributed by atoms with Crippen molar-refractivity contribution in [3.05, 3.63) is 0 Å². The summed E-state index contributed by atoms with van der Waals surface area (Å²) in [7, 11) is 2.21. The van der Waals surface area contributed by atoms with Gasteiger partial charge in [0.15, 0.2) is 0 Å². The second kappa shape index (κ2) is 6.11. The van der Waals surface area contributed by atoms with Gasteiger partial charge in [0.05, 0.1) is 5.84 Å². The molecule has 0 aromatic rings. The van der Waals surface area contributed by atoms with Gasteiger partial charge in [0.25, 0.3) is 0 Å². The van der Waals surface area contributed by atoms with Gasteiger partial charge in [0.1, 0.15) is 0 Å². The Morgan fingerprint density at radius 2 is 2.20 bits per heavy atom. The van der Waals surface area contributed by atoms with E-state index in [1.165, 1.54) is 25.7 Å². The summed E-state index contributed by atoms with van der Waals surface area (Å²) in [6.45, 7) is 3.44. The van der Waals surface area contributed by atoms with E-state index in [9.17, 15) is 0 Å². The maximum absolute atomic E-state index is 7.17. The van der Waals surface area contributed by atoms with E-state index in [1.807, 2.05) is 0 Å². The lowest BCUT2D eigenvalue weighted by Crippen LogP contribution is -2.36. The SMILES string of the molecule is CC1CCCC(N(C)CCCC(=N)N)C1. The van der Waals surface area contributed by atoms with E-state index >= 15 is 0 Å². The van der Waals surface area contributed by atoms with Crippen LogP contribution in [0.15, 0.2) is 0 Å². The average Bonchev–Trinajstić information content (AvgIpc) is 2.17. The van der Waals surface area contributed by atoms with Gasteiger partial charge in [-0.2, -0.15) is 0 Å². The van der Waals surface area contributed by atoms with Crippen LogP contribution in [0.1, 0.15) is 45.4 Å². The molecule has 0 aliphatic heterocycles. The minimum atomic E-state index is 0.320. The summed E-state index contributed by atoms with van der Waals surface area (Å²) in [5, 5.41) is 7.17. The van der Waals surface area contributed by atoms with Crippen LogP contribution in [0.3, 0.4) is 0 Å². The fourth-order valence-corrected chi connectivity index (χ4v) is 2.50. The minimum absolute atomic E-state index is 0.320. The lowest BCUT2D eigenvalue weighted by atomic mass is 9.86. The third kappa shape index (κ3) is 4.65. The monoisotopic (exact) mass is 211 g/mol. The molecule has 1 aliphatic rings. The van der Waals surface area contributed by atoms with Crippen molar-refractivity contribution < 1.29 is 0 Å². The van der Waals surface area contributed by atoms with E-state index in [0.717, 1.165) is 31.3 Å². The third-order valence-corrected chi connectivity index (χ3v) is 3.49. The topological polar surface area (TPSA) is 53.1 Å². The number of hydrogen-bond donors (Lipinski definition) is 2. The minimum Gasteiger partial charge on any atom is -0.388 e. The summed E-state index contributed by atoms with van der Waals surface area (Å²) >= 11 is 0. The quantitative estimate of drug-likeness (QED) is 0.541. The van der Waals surface area contributed by atoms with Crippen LogP contribution in [0.5, 0.6) is 0 Å². The van der Waals surface area contributed by atoms with Crippen molar-refractivity contribution in [2.45, 2.75) is 51.5 Å². The molecule has 3 nitrogen and oxygen atoms in total. The van der Waals surface area contributed by atoms with Gasteiger partial charge in [-0.3, -0.25) is 5.41 Å². The third-order valence-electron chi connectivity index (χ3n) is 3.49. The van der Waals surface area contributed by atoms with Gasteiger partial charge in [0, 0.05) is 12.5 Å². The zero-order chi connectivity index (χ0) is 11.3. The molecule has 2 unspecified atom stereocenters. The standard InChI is InChI=1S/C12H25N3/c1-10-5-3-6-11(9-10)15(2)8-4-7-12(13)14/h10-11H,3-9H2,1-2H3,(H3,13,14). The van der Waals surface area contributed by atoms with Gasteiger partial charge in [-0.05, 0) is 38.8 Å². The Bertz CT molecular complexity index is 203. The van der Waals surface area contributed by atoms with Gasteiger partial charge in [-0.25, -0.2) is 0 Å². The Labute approximate surface area is 93.5 Å². The lowest BCUT2D eigenvalue weighted by Gasteiger charge is -2.34. The summed E-state index contributed by atoms with van der Waals surface area (Å²) in [4.78, 5) is 2.46. The predicted octanol–water partition coefficient (Wildman–Crippen LogP) is 2.21. The number of amidine groups is 1. The smallest absolute Gasteiger partial charge is 0.0905 e. The van der Waals surface area contributed by atoms with E-state index in [0.29, 0.717) is 5.84 Å². The van der Waals surface area contributed by atoms with Crippen molar-refractivity contribution in [2.75, 3.05) is 13.6 Å². The molecule has 1 saturated carbocycles. The first-order valence-electron chi connectivity index (χ1n) is 6.12. The highest BCUT2D eigenvalue weighted by Gasteiger charge is 2.21. The van der Waals surface area contributed by atoms with Gasteiger partial charge in [0.2, 0.25) is 0 Å². The van der Waals surface area contributed by atoms with Crippen molar-refractivity contribution in [2.24, 2.45) is 11.7 Å². The Balaban J connectivity index is 2.20. The maximum Gasteiger partial charge on any atom is 0.0905 e. The molecule has 0 bridgehead atoms. The maximum atomic E-state index is 7.17. The van der Waals surface area contributed by atoms with Crippen LogP contribution in [-0.4, -0.2) is 30.4 Å². The highest BCUT2D eigenvalue weighted by Crippen LogP contribution is 2.26. The molecule has 0 radical (unpaired) electrons. The molecule has 0 aromatic carbocycles. The van der Waals surface area contributed by atoms with Crippen molar-refractivity contribution in [3.8, 4) is 0 Å². The molecular formula is C12H25N3. The summed E-state index contributed by atoms with van der Waals surface area (Å²) < 4.78 is 0. The predicted molar refractivity (Wildman–Crippen MR) is 65.2 cm³/mol. The van der Waals surface area contributed by atoms with Crippen LogP contribution < -0.4 is 5.73 Å². The van der Waals surface area contributed by atoms with Gasteiger partial charge < -0.3 is 10.6 Å². The van der Waals surface area contributed by atoms with Crippen molar-refractivity contribution in [3.63, 3.8) is 0 Å². The molecule has 0 amide bonds. The molecular weight excluding hydrogens is 186 g/mol. The first-order valence-corrected chi connectivity index (χ1v) is 6.12. The van der Waals surface area contributed by atoms with Crippen molar-refractivity contribution >= 4 is 5.84 Å². The molecule has 0 spiro atoms. The van der Waals surface area contributed by atoms with E-state index in [2.05, 4.69) is 18.9 Å². The Morgan fingerprint density at radius 1 is 1.47 bits per heavy atom. The molecule has 88 valence electrons. The highest BCUT2D eigenvalue weighted by molar-refractivity contribution is 5.76. The van der Waals surface area contributed by atoms with Crippen LogP contribution in [0.4, 0.5) is 0 Å². The second-order valence-electron chi connectivity index (χ2n) is 5.04. The number of nitrogens with one attached hydrogen (secondary N) is 1. The van der Waals surface area contributed by atoms with Crippen LogP contribution in [0.2, 0.25) is 0 Å². The number of nitrogens with zero attached hydrogens (tertiary/aromatic N) is 1. The molecule has 2 atom stereocenters. The Hall–Kier alpha value is -0.570. The Morgan fingerprint density at radius 3 is 2.80 bits per heavy atom. The fourth-order valence-electron chi connectivity index (χ4n) is 2.50. The van der Waals surface area contributed by atoms with E-state index in [-0.39, 0.29) is 0 Å². The average molecular weight is 211 g/mol. The van der Waals surface area contributed by atoms with Crippen LogP contribution in [0, 0.1) is 11.3 Å². The summed E-state index contributed by atoms with van der Waals surface area (Å²) in [6, 6.07) is 0.765. The van der Waals surface area contributed by atoms with Crippen molar-refractivity contribution in [1.29, 1.82) is 5.41 Å². The largest absolute Gasteiger partial charge is 0.388 e. The van der Waals surface area contributed by atoms with E-state index in [1.54, 1.807) is 0 Å². The van der Waals surface area contributed by atoms with Crippen LogP contribution in [0.25, 0.3) is 0 Å².